The molecule has 1 fully saturated rings. The van der Waals surface area contributed by atoms with Crippen molar-refractivity contribution in [1.29, 1.82) is 0 Å². The smallest absolute Gasteiger partial charge is 0.277 e. The molecule has 0 spiro atoms. The number of nitro groups is 2. The van der Waals surface area contributed by atoms with Gasteiger partial charge in [0.05, 0.1) is 27.2 Å². The summed E-state index contributed by atoms with van der Waals surface area (Å²) in [5, 5.41) is 24.5. The monoisotopic (exact) mass is 533 g/mol. The minimum Gasteiger partial charge on any atom is -0.319 e. The van der Waals surface area contributed by atoms with Crippen molar-refractivity contribution in [3.05, 3.63) is 97.8 Å². The van der Waals surface area contributed by atoms with E-state index in [-0.39, 0.29) is 11.3 Å². The van der Waals surface area contributed by atoms with Crippen LogP contribution in [-0.2, 0) is 0 Å². The van der Waals surface area contributed by atoms with Crippen LogP contribution in [0.4, 0.5) is 21.5 Å². The van der Waals surface area contributed by atoms with Gasteiger partial charge in [0.1, 0.15) is 5.82 Å². The Morgan fingerprint density at radius 1 is 0.872 bits per heavy atom. The number of non-ortho nitro benzene ring substituents is 2. The van der Waals surface area contributed by atoms with Crippen LogP contribution in [0.15, 0.2) is 60.7 Å². The van der Waals surface area contributed by atoms with Crippen LogP contribution < -0.4 is 5.32 Å². The van der Waals surface area contributed by atoms with Crippen molar-refractivity contribution >= 4 is 23.0 Å². The van der Waals surface area contributed by atoms with E-state index in [9.17, 15) is 29.4 Å². The minimum absolute atomic E-state index is 0.134. The highest BCUT2D eigenvalue weighted by molar-refractivity contribution is 6.05. The van der Waals surface area contributed by atoms with Gasteiger partial charge in [-0.25, -0.2) is 4.39 Å². The van der Waals surface area contributed by atoms with Crippen LogP contribution >= 0.6 is 0 Å². The van der Waals surface area contributed by atoms with E-state index in [1.54, 1.807) is 6.07 Å². The lowest BCUT2D eigenvalue weighted by Crippen LogP contribution is -2.14. The van der Waals surface area contributed by atoms with E-state index in [2.05, 4.69) is 24.4 Å². The summed E-state index contributed by atoms with van der Waals surface area (Å²) < 4.78 is 14.9. The molecule has 0 saturated heterocycles. The fourth-order valence-electron chi connectivity index (χ4n) is 5.34. The second-order valence-electron chi connectivity index (χ2n) is 10.2. The molecule has 204 valence electrons. The van der Waals surface area contributed by atoms with Gasteiger partial charge in [0.25, 0.3) is 17.3 Å². The second kappa shape index (κ2) is 12.6. The van der Waals surface area contributed by atoms with Crippen LogP contribution in [0.2, 0.25) is 0 Å². The van der Waals surface area contributed by atoms with E-state index in [1.165, 1.54) is 69.1 Å². The molecule has 0 aromatic heterocycles. The number of hydrogen-bond donors (Lipinski definition) is 1. The summed E-state index contributed by atoms with van der Waals surface area (Å²) in [7, 11) is 0. The first kappa shape index (κ1) is 27.9. The van der Waals surface area contributed by atoms with Gasteiger partial charge in [-0.3, -0.25) is 25.0 Å². The zero-order valence-corrected chi connectivity index (χ0v) is 21.9. The highest BCUT2D eigenvalue weighted by Crippen LogP contribution is 2.38. The number of carbonyl (C=O) groups excluding carboxylic acids is 1. The molecule has 9 heteroatoms. The molecule has 1 amide bonds. The Labute approximate surface area is 226 Å². The number of benzene rings is 3. The number of hydrogen-bond acceptors (Lipinski definition) is 5. The van der Waals surface area contributed by atoms with E-state index < -0.39 is 32.9 Å². The number of nitrogens with zero attached hydrogens (tertiary/aromatic N) is 2. The van der Waals surface area contributed by atoms with Crippen molar-refractivity contribution in [2.24, 2.45) is 5.92 Å². The lowest BCUT2D eigenvalue weighted by Gasteiger charge is -2.29. The molecule has 3 aromatic rings. The fourth-order valence-corrected chi connectivity index (χ4v) is 5.34. The number of nitrogens with one attached hydrogen (secondary N) is 1. The van der Waals surface area contributed by atoms with Crippen molar-refractivity contribution in [2.75, 3.05) is 5.32 Å². The van der Waals surface area contributed by atoms with Crippen LogP contribution in [-0.4, -0.2) is 15.8 Å². The van der Waals surface area contributed by atoms with Crippen LogP contribution in [0, 0.1) is 32.0 Å². The summed E-state index contributed by atoms with van der Waals surface area (Å²) >= 11 is 0. The van der Waals surface area contributed by atoms with Crippen LogP contribution in [0.25, 0.3) is 11.1 Å². The quantitative estimate of drug-likeness (QED) is 0.159. The Morgan fingerprint density at radius 2 is 1.49 bits per heavy atom. The predicted octanol–water partition coefficient (Wildman–Crippen LogP) is 8.42. The molecule has 0 radical (unpaired) electrons. The third-order valence-corrected chi connectivity index (χ3v) is 7.58. The molecule has 0 heterocycles. The van der Waals surface area contributed by atoms with E-state index >= 15 is 0 Å². The number of nitro benzene ring substituents is 2. The fraction of sp³-hybridized carbons (Fsp3) is 0.367. The number of rotatable bonds is 10. The first-order valence-electron chi connectivity index (χ1n) is 13.4. The molecule has 1 saturated carbocycles. The normalized spacial score (nSPS) is 17.0. The standard InChI is InChI=1S/C30H32FN3O5/c1-2-3-4-5-20-6-8-21(9-7-20)22-10-12-23(13-11-22)24-14-15-29(28(31)18-24)32-30(35)25-16-26(33(36)37)19-27(17-25)34(38)39/h10-21H,2-9H2,1H3,(H,32,35). The summed E-state index contributed by atoms with van der Waals surface area (Å²) in [5.41, 5.74) is 1.14. The number of halogens is 1. The van der Waals surface area contributed by atoms with Crippen molar-refractivity contribution in [3.63, 3.8) is 0 Å². The largest absolute Gasteiger partial charge is 0.319 e. The lowest BCUT2D eigenvalue weighted by atomic mass is 9.77. The molecular weight excluding hydrogens is 501 g/mol. The zero-order chi connectivity index (χ0) is 27.9. The molecule has 8 nitrogen and oxygen atoms in total. The topological polar surface area (TPSA) is 115 Å². The maximum atomic E-state index is 14.9. The maximum absolute atomic E-state index is 14.9. The molecule has 0 atom stereocenters. The molecule has 0 unspecified atom stereocenters. The molecule has 1 N–H and O–H groups in total. The Hall–Kier alpha value is -4.14. The van der Waals surface area contributed by atoms with Gasteiger partial charge in [0.2, 0.25) is 0 Å². The van der Waals surface area contributed by atoms with Gasteiger partial charge in [0, 0.05) is 12.1 Å². The summed E-state index contributed by atoms with van der Waals surface area (Å²) in [6.07, 6.45) is 10.2. The molecule has 1 aliphatic rings. The third kappa shape index (κ3) is 7.04. The van der Waals surface area contributed by atoms with Crippen molar-refractivity contribution in [1.82, 2.24) is 0 Å². The predicted molar refractivity (Wildman–Crippen MR) is 148 cm³/mol. The summed E-state index contributed by atoms with van der Waals surface area (Å²) in [6, 6.07) is 15.2. The Balaban J connectivity index is 1.41. The molecule has 0 bridgehead atoms. The van der Waals surface area contributed by atoms with E-state index in [1.807, 2.05) is 12.1 Å². The molecule has 39 heavy (non-hydrogen) atoms. The van der Waals surface area contributed by atoms with Crippen molar-refractivity contribution < 1.29 is 19.0 Å². The van der Waals surface area contributed by atoms with Crippen LogP contribution in [0.1, 0.15) is 80.1 Å². The van der Waals surface area contributed by atoms with Crippen molar-refractivity contribution in [3.8, 4) is 11.1 Å². The minimum atomic E-state index is -0.891. The van der Waals surface area contributed by atoms with Gasteiger partial charge in [-0.1, -0.05) is 62.9 Å². The first-order valence-corrected chi connectivity index (χ1v) is 13.4. The van der Waals surface area contributed by atoms with Gasteiger partial charge in [0.15, 0.2) is 0 Å². The number of unbranched alkanes of at least 4 members (excludes halogenated alkanes) is 2. The lowest BCUT2D eigenvalue weighted by molar-refractivity contribution is -0.394. The van der Waals surface area contributed by atoms with Gasteiger partial charge in [-0.05, 0) is 66.3 Å². The van der Waals surface area contributed by atoms with E-state index in [4.69, 9.17) is 0 Å². The molecule has 0 aliphatic heterocycles. The average Bonchev–Trinajstić information content (AvgIpc) is 2.94. The molecular formula is C30H32FN3O5. The summed E-state index contributed by atoms with van der Waals surface area (Å²) in [6.45, 7) is 2.24. The van der Waals surface area contributed by atoms with Crippen LogP contribution in [0.5, 0.6) is 0 Å². The Bertz CT molecular complexity index is 1320. The van der Waals surface area contributed by atoms with Crippen molar-refractivity contribution in [2.45, 2.75) is 64.2 Å². The summed E-state index contributed by atoms with van der Waals surface area (Å²) in [4.78, 5) is 33.2. The van der Waals surface area contributed by atoms with E-state index in [0.29, 0.717) is 11.5 Å². The number of anilines is 1. The van der Waals surface area contributed by atoms with Gasteiger partial charge < -0.3 is 5.32 Å². The average molecular weight is 534 g/mol. The first-order chi connectivity index (χ1) is 18.7. The van der Waals surface area contributed by atoms with E-state index in [0.717, 1.165) is 29.7 Å². The van der Waals surface area contributed by atoms with Gasteiger partial charge in [-0.15, -0.1) is 0 Å². The third-order valence-electron chi connectivity index (χ3n) is 7.58. The Kier molecular flexibility index (Phi) is 9.01. The SMILES string of the molecule is CCCCCC1CCC(c2ccc(-c3ccc(NC(=O)c4cc([N+](=O)[O-])cc([N+](=O)[O-])c4)c(F)c3)cc2)CC1. The second-order valence-corrected chi connectivity index (χ2v) is 10.2. The highest BCUT2D eigenvalue weighted by atomic mass is 19.1. The zero-order valence-electron chi connectivity index (χ0n) is 21.9. The summed E-state index contributed by atoms with van der Waals surface area (Å²) in [5.74, 6) is -0.175. The van der Waals surface area contributed by atoms with Gasteiger partial charge in [-0.2, -0.15) is 0 Å². The maximum Gasteiger partial charge on any atom is 0.277 e. The molecule has 3 aromatic carbocycles. The Morgan fingerprint density at radius 3 is 2.05 bits per heavy atom. The van der Waals surface area contributed by atoms with Crippen LogP contribution in [0.3, 0.4) is 0 Å². The molecule has 4 rings (SSSR count). The molecule has 1 aliphatic carbocycles. The number of amides is 1. The van der Waals surface area contributed by atoms with Gasteiger partial charge >= 0.3 is 0 Å². The highest BCUT2D eigenvalue weighted by Gasteiger charge is 2.23. The number of carbonyl (C=O) groups is 1.